The van der Waals surface area contributed by atoms with E-state index in [4.69, 9.17) is 9.94 Å². The van der Waals surface area contributed by atoms with Gasteiger partial charge in [0.15, 0.2) is 5.71 Å². The summed E-state index contributed by atoms with van der Waals surface area (Å²) in [6.45, 7) is 0.415. The zero-order valence-corrected chi connectivity index (χ0v) is 10.4. The van der Waals surface area contributed by atoms with E-state index in [1.807, 2.05) is 19.3 Å². The maximum atomic E-state index is 11.7. The van der Waals surface area contributed by atoms with Crippen LogP contribution in [-0.4, -0.2) is 45.1 Å². The molecule has 0 aromatic carbocycles. The van der Waals surface area contributed by atoms with Gasteiger partial charge in [0.25, 0.3) is 5.91 Å². The molecular weight excluding hydrogens is 252 g/mol. The van der Waals surface area contributed by atoms with E-state index in [0.717, 1.165) is 5.69 Å². The van der Waals surface area contributed by atoms with Crippen molar-refractivity contribution in [3.8, 4) is 0 Å². The van der Waals surface area contributed by atoms with Crippen molar-refractivity contribution in [1.82, 2.24) is 15.1 Å². The van der Waals surface area contributed by atoms with Gasteiger partial charge in [-0.3, -0.25) is 9.48 Å². The molecule has 0 bridgehead atoms. The van der Waals surface area contributed by atoms with E-state index < -0.39 is 12.1 Å². The van der Waals surface area contributed by atoms with Crippen LogP contribution >= 0.6 is 0 Å². The first-order chi connectivity index (χ1) is 9.06. The summed E-state index contributed by atoms with van der Waals surface area (Å²) in [7, 11) is 1.82. The van der Waals surface area contributed by atoms with Gasteiger partial charge in [0.1, 0.15) is 0 Å². The smallest absolute Gasteiger partial charge is 0.353 e. The predicted octanol–water partition coefficient (Wildman–Crippen LogP) is -0.692. The number of oxime groups is 1. The van der Waals surface area contributed by atoms with Gasteiger partial charge in [-0.25, -0.2) is 4.79 Å². The molecule has 1 amide bonds. The lowest BCUT2D eigenvalue weighted by Gasteiger charge is -2.08. The molecule has 0 saturated heterocycles. The number of rotatable bonds is 5. The molecule has 0 saturated carbocycles. The van der Waals surface area contributed by atoms with E-state index in [0.29, 0.717) is 13.0 Å². The summed E-state index contributed by atoms with van der Waals surface area (Å²) >= 11 is 0. The van der Waals surface area contributed by atoms with Crippen LogP contribution in [0.5, 0.6) is 0 Å². The van der Waals surface area contributed by atoms with Gasteiger partial charge in [-0.05, 0) is 6.07 Å². The molecule has 1 aliphatic heterocycles. The molecule has 1 unspecified atom stereocenters. The van der Waals surface area contributed by atoms with Crippen LogP contribution in [0.3, 0.4) is 0 Å². The molecule has 19 heavy (non-hydrogen) atoms. The Morgan fingerprint density at radius 1 is 1.63 bits per heavy atom. The Balaban J connectivity index is 1.73. The third-order valence-corrected chi connectivity index (χ3v) is 2.66. The standard InChI is InChI=1S/C11H14N4O4/c1-15-5-3-7(13-15)2-4-12-10(16)9-6-8(11(17)18)14-19-9/h3,5,9H,2,4,6H2,1H3,(H,12,16)(H,17,18). The molecule has 0 radical (unpaired) electrons. The van der Waals surface area contributed by atoms with Crippen molar-refractivity contribution in [3.05, 3.63) is 18.0 Å². The lowest BCUT2D eigenvalue weighted by atomic mass is 10.1. The lowest BCUT2D eigenvalue weighted by molar-refractivity contribution is -0.131. The van der Waals surface area contributed by atoms with Gasteiger partial charge in [0.05, 0.1) is 5.69 Å². The number of nitrogens with zero attached hydrogens (tertiary/aromatic N) is 3. The Hall–Kier alpha value is -2.38. The van der Waals surface area contributed by atoms with Crippen molar-refractivity contribution in [1.29, 1.82) is 0 Å². The number of carbonyl (C=O) groups is 2. The second-order valence-corrected chi connectivity index (χ2v) is 4.16. The van der Waals surface area contributed by atoms with E-state index >= 15 is 0 Å². The zero-order chi connectivity index (χ0) is 13.8. The third kappa shape index (κ3) is 3.30. The Morgan fingerprint density at radius 2 is 2.42 bits per heavy atom. The summed E-state index contributed by atoms with van der Waals surface area (Å²) in [6.07, 6.45) is 1.57. The highest BCUT2D eigenvalue weighted by atomic mass is 16.6. The number of carbonyl (C=O) groups excluding carboxylic acids is 1. The average Bonchev–Trinajstić information content (AvgIpc) is 2.98. The van der Waals surface area contributed by atoms with Gasteiger partial charge in [-0.15, -0.1) is 0 Å². The maximum absolute atomic E-state index is 11.7. The first-order valence-electron chi connectivity index (χ1n) is 5.78. The Labute approximate surface area is 109 Å². The molecule has 2 N–H and O–H groups in total. The van der Waals surface area contributed by atoms with E-state index in [1.165, 1.54) is 0 Å². The summed E-state index contributed by atoms with van der Waals surface area (Å²) in [5.41, 5.74) is 0.738. The highest BCUT2D eigenvalue weighted by Crippen LogP contribution is 2.10. The van der Waals surface area contributed by atoms with Gasteiger partial charge >= 0.3 is 5.97 Å². The van der Waals surface area contributed by atoms with Crippen molar-refractivity contribution >= 4 is 17.6 Å². The van der Waals surface area contributed by atoms with Crippen molar-refractivity contribution in [3.63, 3.8) is 0 Å². The van der Waals surface area contributed by atoms with Crippen molar-refractivity contribution < 1.29 is 19.5 Å². The fraction of sp³-hybridized carbons (Fsp3) is 0.455. The number of nitrogens with one attached hydrogen (secondary N) is 1. The molecule has 102 valence electrons. The van der Waals surface area contributed by atoms with Gasteiger partial charge < -0.3 is 15.3 Å². The van der Waals surface area contributed by atoms with Crippen LogP contribution in [-0.2, 0) is 27.9 Å². The van der Waals surface area contributed by atoms with E-state index in [-0.39, 0.29) is 18.0 Å². The van der Waals surface area contributed by atoms with Gasteiger partial charge in [0.2, 0.25) is 6.10 Å². The van der Waals surface area contributed by atoms with Crippen LogP contribution in [0.15, 0.2) is 17.4 Å². The Bertz CT molecular complexity index is 523. The molecule has 2 rings (SSSR count). The molecule has 0 aliphatic carbocycles. The van der Waals surface area contributed by atoms with Gasteiger partial charge in [0, 0.05) is 32.6 Å². The largest absolute Gasteiger partial charge is 0.477 e. The van der Waals surface area contributed by atoms with E-state index in [9.17, 15) is 9.59 Å². The van der Waals surface area contributed by atoms with Crippen LogP contribution in [0.1, 0.15) is 12.1 Å². The molecular formula is C11H14N4O4. The van der Waals surface area contributed by atoms with Crippen LogP contribution in [0.4, 0.5) is 0 Å². The van der Waals surface area contributed by atoms with Gasteiger partial charge in [-0.2, -0.15) is 5.10 Å². The van der Waals surface area contributed by atoms with Crippen molar-refractivity contribution in [2.24, 2.45) is 12.2 Å². The second-order valence-electron chi connectivity index (χ2n) is 4.16. The minimum atomic E-state index is -1.16. The Kier molecular flexibility index (Phi) is 3.79. The first kappa shape index (κ1) is 13.1. The first-order valence-corrected chi connectivity index (χ1v) is 5.78. The normalized spacial score (nSPS) is 17.7. The molecule has 0 spiro atoms. The number of hydrogen-bond acceptors (Lipinski definition) is 5. The summed E-state index contributed by atoms with van der Waals surface area (Å²) in [5, 5.41) is 18.9. The predicted molar refractivity (Wildman–Crippen MR) is 64.5 cm³/mol. The summed E-state index contributed by atoms with van der Waals surface area (Å²) in [4.78, 5) is 27.1. The summed E-state index contributed by atoms with van der Waals surface area (Å²) in [6, 6.07) is 1.86. The fourth-order valence-corrected chi connectivity index (χ4v) is 1.67. The molecule has 8 heteroatoms. The number of carboxylic acid groups (broad SMARTS) is 1. The monoisotopic (exact) mass is 266 g/mol. The number of aryl methyl sites for hydroxylation is 1. The maximum Gasteiger partial charge on any atom is 0.353 e. The average molecular weight is 266 g/mol. The zero-order valence-electron chi connectivity index (χ0n) is 10.4. The SMILES string of the molecule is Cn1ccc(CCNC(=O)C2CC(C(=O)O)=NO2)n1. The summed E-state index contributed by atoms with van der Waals surface area (Å²) in [5.74, 6) is -1.53. The quantitative estimate of drug-likeness (QED) is 0.733. The van der Waals surface area contributed by atoms with Crippen LogP contribution in [0, 0.1) is 0 Å². The van der Waals surface area contributed by atoms with Crippen molar-refractivity contribution in [2.45, 2.75) is 18.9 Å². The fourth-order valence-electron chi connectivity index (χ4n) is 1.67. The van der Waals surface area contributed by atoms with Gasteiger partial charge in [-0.1, -0.05) is 5.16 Å². The minimum Gasteiger partial charge on any atom is -0.477 e. The number of amides is 1. The second kappa shape index (κ2) is 5.51. The Morgan fingerprint density at radius 3 is 3.00 bits per heavy atom. The highest BCUT2D eigenvalue weighted by Gasteiger charge is 2.31. The third-order valence-electron chi connectivity index (χ3n) is 2.66. The number of aromatic nitrogens is 2. The molecule has 1 aromatic rings. The molecule has 2 heterocycles. The molecule has 8 nitrogen and oxygen atoms in total. The molecule has 1 atom stereocenters. The molecule has 1 aromatic heterocycles. The van der Waals surface area contributed by atoms with Crippen LogP contribution in [0.2, 0.25) is 0 Å². The topological polar surface area (TPSA) is 106 Å². The van der Waals surface area contributed by atoms with Crippen LogP contribution in [0.25, 0.3) is 0 Å². The van der Waals surface area contributed by atoms with E-state index in [2.05, 4.69) is 15.6 Å². The lowest BCUT2D eigenvalue weighted by Crippen LogP contribution is -2.36. The van der Waals surface area contributed by atoms with Crippen LogP contribution < -0.4 is 5.32 Å². The van der Waals surface area contributed by atoms with E-state index in [1.54, 1.807) is 4.68 Å². The highest BCUT2D eigenvalue weighted by molar-refractivity contribution is 6.36. The molecule has 0 fully saturated rings. The summed E-state index contributed by atoms with van der Waals surface area (Å²) < 4.78 is 1.68. The number of aliphatic carboxylic acids is 1. The van der Waals surface area contributed by atoms with Crippen molar-refractivity contribution in [2.75, 3.05) is 6.54 Å². The molecule has 1 aliphatic rings. The minimum absolute atomic E-state index is 0.00917. The number of carboxylic acids is 1. The number of hydrogen-bond donors (Lipinski definition) is 2.